The van der Waals surface area contributed by atoms with Gasteiger partial charge in [-0.05, 0) is 18.2 Å². The van der Waals surface area contributed by atoms with Crippen molar-refractivity contribution < 1.29 is 9.90 Å². The highest BCUT2D eigenvalue weighted by Crippen LogP contribution is 2.20. The van der Waals surface area contributed by atoms with Crippen molar-refractivity contribution in [2.75, 3.05) is 18.0 Å². The maximum Gasteiger partial charge on any atom is 0.308 e. The second kappa shape index (κ2) is 6.45. The zero-order chi connectivity index (χ0) is 12.8. The molecule has 0 spiro atoms. The Morgan fingerprint density at radius 1 is 1.65 bits per heavy atom. The fourth-order valence-electron chi connectivity index (χ4n) is 1.52. The molecule has 0 aliphatic heterocycles. The molecule has 1 N–H and O–H groups in total. The van der Waals surface area contributed by atoms with Gasteiger partial charge >= 0.3 is 5.97 Å². The molecule has 1 unspecified atom stereocenters. The van der Waals surface area contributed by atoms with E-state index < -0.39 is 11.9 Å². The number of benzene rings is 1. The second-order valence-corrected chi connectivity index (χ2v) is 4.83. The van der Waals surface area contributed by atoms with E-state index in [1.165, 1.54) is 0 Å². The Bertz CT molecular complexity index is 406. The summed E-state index contributed by atoms with van der Waals surface area (Å²) < 4.78 is 0.979. The lowest BCUT2D eigenvalue weighted by molar-refractivity contribution is -0.140. The third-order valence-electron chi connectivity index (χ3n) is 2.44. The molecule has 0 fully saturated rings. The van der Waals surface area contributed by atoms with Crippen molar-refractivity contribution in [1.29, 1.82) is 0 Å². The zero-order valence-electron chi connectivity index (χ0n) is 9.77. The Balaban J connectivity index is 2.85. The molecule has 0 radical (unpaired) electrons. The largest absolute Gasteiger partial charge is 0.481 e. The fraction of sp³-hybridized carbons (Fsp3) is 0.308. The monoisotopic (exact) mass is 297 g/mol. The molecule has 3 nitrogen and oxygen atoms in total. The summed E-state index contributed by atoms with van der Waals surface area (Å²) >= 11 is 3.41. The first-order valence-corrected chi connectivity index (χ1v) is 6.18. The Kier molecular flexibility index (Phi) is 5.22. The zero-order valence-corrected chi connectivity index (χ0v) is 11.4. The first kappa shape index (κ1) is 13.8. The van der Waals surface area contributed by atoms with E-state index >= 15 is 0 Å². The summed E-state index contributed by atoms with van der Waals surface area (Å²) in [7, 11) is 0. The van der Waals surface area contributed by atoms with Gasteiger partial charge in [-0.3, -0.25) is 4.79 Å². The van der Waals surface area contributed by atoms with Gasteiger partial charge in [0.05, 0.1) is 5.92 Å². The van der Waals surface area contributed by atoms with E-state index in [0.29, 0.717) is 13.1 Å². The minimum Gasteiger partial charge on any atom is -0.481 e. The highest BCUT2D eigenvalue weighted by atomic mass is 79.9. The SMILES string of the molecule is C=CCN(CC(C)C(=O)O)c1cccc(Br)c1. The van der Waals surface area contributed by atoms with E-state index in [9.17, 15) is 4.79 Å². The minimum absolute atomic E-state index is 0.408. The van der Waals surface area contributed by atoms with Gasteiger partial charge in [0.2, 0.25) is 0 Å². The molecule has 4 heteroatoms. The van der Waals surface area contributed by atoms with E-state index in [-0.39, 0.29) is 0 Å². The van der Waals surface area contributed by atoms with Crippen LogP contribution in [-0.4, -0.2) is 24.2 Å². The van der Waals surface area contributed by atoms with Gasteiger partial charge in [-0.1, -0.05) is 35.0 Å². The molecule has 1 atom stereocenters. The first-order valence-electron chi connectivity index (χ1n) is 5.38. The molecular weight excluding hydrogens is 282 g/mol. The Morgan fingerprint density at radius 2 is 2.35 bits per heavy atom. The minimum atomic E-state index is -0.783. The summed E-state index contributed by atoms with van der Waals surface area (Å²) in [6.45, 7) is 6.51. The van der Waals surface area contributed by atoms with Crippen molar-refractivity contribution >= 4 is 27.6 Å². The molecule has 0 aromatic heterocycles. The van der Waals surface area contributed by atoms with Crippen LogP contribution in [0.2, 0.25) is 0 Å². The highest BCUT2D eigenvalue weighted by molar-refractivity contribution is 9.10. The standard InChI is InChI=1S/C13H16BrNO2/c1-3-7-15(9-10(2)13(16)17)12-6-4-5-11(14)8-12/h3-6,8,10H,1,7,9H2,2H3,(H,16,17). The summed E-state index contributed by atoms with van der Waals surface area (Å²) in [6.07, 6.45) is 1.77. The number of carboxylic acid groups (broad SMARTS) is 1. The number of carbonyl (C=O) groups is 1. The molecule has 0 heterocycles. The number of hydrogen-bond donors (Lipinski definition) is 1. The van der Waals surface area contributed by atoms with Gasteiger partial charge in [0.15, 0.2) is 0 Å². The number of hydrogen-bond acceptors (Lipinski definition) is 2. The van der Waals surface area contributed by atoms with Crippen LogP contribution in [0.4, 0.5) is 5.69 Å². The number of rotatable bonds is 6. The van der Waals surface area contributed by atoms with Crippen LogP contribution in [-0.2, 0) is 4.79 Å². The molecule has 0 saturated carbocycles. The normalized spacial score (nSPS) is 11.9. The second-order valence-electron chi connectivity index (χ2n) is 3.91. The molecule has 1 rings (SSSR count). The van der Waals surface area contributed by atoms with Crippen molar-refractivity contribution in [1.82, 2.24) is 0 Å². The Morgan fingerprint density at radius 3 is 2.88 bits per heavy atom. The van der Waals surface area contributed by atoms with Crippen molar-refractivity contribution in [3.8, 4) is 0 Å². The van der Waals surface area contributed by atoms with Crippen molar-refractivity contribution in [3.05, 3.63) is 41.4 Å². The van der Waals surface area contributed by atoms with E-state index in [2.05, 4.69) is 22.5 Å². The predicted octanol–water partition coefficient (Wildman–Crippen LogP) is 3.16. The first-order chi connectivity index (χ1) is 8.04. The number of carboxylic acids is 1. The van der Waals surface area contributed by atoms with Gasteiger partial charge in [-0.25, -0.2) is 0 Å². The third-order valence-corrected chi connectivity index (χ3v) is 2.93. The third kappa shape index (κ3) is 4.23. The van der Waals surface area contributed by atoms with Crippen molar-refractivity contribution in [2.45, 2.75) is 6.92 Å². The van der Waals surface area contributed by atoms with Crippen LogP contribution < -0.4 is 4.90 Å². The number of halogens is 1. The quantitative estimate of drug-likeness (QED) is 0.820. The summed E-state index contributed by atoms with van der Waals surface area (Å²) in [5, 5.41) is 8.94. The van der Waals surface area contributed by atoms with Crippen LogP contribution >= 0.6 is 15.9 Å². The van der Waals surface area contributed by atoms with Gasteiger partial charge in [0, 0.05) is 23.2 Å². The van der Waals surface area contributed by atoms with Crippen molar-refractivity contribution in [3.63, 3.8) is 0 Å². The van der Waals surface area contributed by atoms with Gasteiger partial charge in [0.1, 0.15) is 0 Å². The molecule has 0 aliphatic carbocycles. The molecule has 92 valence electrons. The van der Waals surface area contributed by atoms with E-state index in [1.54, 1.807) is 13.0 Å². The number of aliphatic carboxylic acids is 1. The van der Waals surface area contributed by atoms with Gasteiger partial charge in [0.25, 0.3) is 0 Å². The summed E-state index contributed by atoms with van der Waals surface area (Å²) in [4.78, 5) is 12.9. The topological polar surface area (TPSA) is 40.5 Å². The van der Waals surface area contributed by atoms with Crippen molar-refractivity contribution in [2.24, 2.45) is 5.92 Å². The van der Waals surface area contributed by atoms with Crippen LogP contribution in [0.25, 0.3) is 0 Å². The van der Waals surface area contributed by atoms with Crippen LogP contribution in [0.1, 0.15) is 6.92 Å². The lowest BCUT2D eigenvalue weighted by atomic mass is 10.1. The maximum absolute atomic E-state index is 10.9. The predicted molar refractivity (Wildman–Crippen MR) is 73.4 cm³/mol. The molecule has 0 amide bonds. The molecule has 0 bridgehead atoms. The van der Waals surface area contributed by atoms with Gasteiger partial charge in [-0.15, -0.1) is 6.58 Å². The summed E-state index contributed by atoms with van der Waals surface area (Å²) in [6, 6.07) is 7.80. The Labute approximate surface area is 110 Å². The van der Waals surface area contributed by atoms with Crippen LogP contribution in [0.15, 0.2) is 41.4 Å². The fourth-order valence-corrected chi connectivity index (χ4v) is 1.91. The summed E-state index contributed by atoms with van der Waals surface area (Å²) in [5.41, 5.74) is 0.993. The van der Waals surface area contributed by atoms with Crippen LogP contribution in [0.5, 0.6) is 0 Å². The molecule has 0 aliphatic rings. The molecule has 17 heavy (non-hydrogen) atoms. The lowest BCUT2D eigenvalue weighted by Crippen LogP contribution is -2.31. The average molecular weight is 298 g/mol. The molecule has 0 saturated heterocycles. The molecule has 1 aromatic carbocycles. The Hall–Kier alpha value is -1.29. The van der Waals surface area contributed by atoms with E-state index in [1.807, 2.05) is 29.2 Å². The van der Waals surface area contributed by atoms with Gasteiger partial charge < -0.3 is 10.0 Å². The number of nitrogens with zero attached hydrogens (tertiary/aromatic N) is 1. The lowest BCUT2D eigenvalue weighted by Gasteiger charge is -2.25. The molecular formula is C13H16BrNO2. The van der Waals surface area contributed by atoms with Crippen LogP contribution in [0, 0.1) is 5.92 Å². The average Bonchev–Trinajstić information content (AvgIpc) is 2.28. The smallest absolute Gasteiger partial charge is 0.308 e. The number of anilines is 1. The van der Waals surface area contributed by atoms with Gasteiger partial charge in [-0.2, -0.15) is 0 Å². The van der Waals surface area contributed by atoms with E-state index in [4.69, 9.17) is 5.11 Å². The summed E-state index contributed by atoms with van der Waals surface area (Å²) in [5.74, 6) is -1.19. The highest BCUT2D eigenvalue weighted by Gasteiger charge is 2.15. The maximum atomic E-state index is 10.9. The van der Waals surface area contributed by atoms with E-state index in [0.717, 1.165) is 10.2 Å². The van der Waals surface area contributed by atoms with Crippen LogP contribution in [0.3, 0.4) is 0 Å². The molecule has 1 aromatic rings.